The summed E-state index contributed by atoms with van der Waals surface area (Å²) in [6.07, 6.45) is 3.36. The molecule has 2 atom stereocenters. The molecule has 1 aromatic rings. The van der Waals surface area contributed by atoms with Crippen LogP contribution in [0.4, 0.5) is 4.39 Å². The first-order chi connectivity index (χ1) is 8.95. The fourth-order valence-electron chi connectivity index (χ4n) is 1.48. The Bertz CT molecular complexity index is 494. The van der Waals surface area contributed by atoms with E-state index in [-0.39, 0.29) is 12.3 Å². The summed E-state index contributed by atoms with van der Waals surface area (Å²) in [6, 6.07) is 3.77. The highest BCUT2D eigenvalue weighted by atomic mass is 19.1. The van der Waals surface area contributed by atoms with Crippen LogP contribution in [0.5, 0.6) is 5.75 Å². The number of carbonyl (C=O) groups is 1. The number of ether oxygens (including phenoxy) is 1. The van der Waals surface area contributed by atoms with Crippen LogP contribution >= 0.6 is 0 Å². The number of aliphatic hydroxyl groups excluding tert-OH is 1. The van der Waals surface area contributed by atoms with Crippen molar-refractivity contribution in [3.05, 3.63) is 29.6 Å². The summed E-state index contributed by atoms with van der Waals surface area (Å²) in [4.78, 5) is 11.6. The van der Waals surface area contributed by atoms with E-state index in [1.54, 1.807) is 0 Å². The maximum Gasteiger partial charge on any atom is 0.261 e. The minimum Gasteiger partial charge on any atom is -0.480 e. The molecule has 0 fully saturated rings. The third-order valence-corrected chi connectivity index (χ3v) is 2.46. The number of benzene rings is 1. The second-order valence-corrected chi connectivity index (χ2v) is 4.04. The summed E-state index contributed by atoms with van der Waals surface area (Å²) >= 11 is 0. The van der Waals surface area contributed by atoms with Gasteiger partial charge in [0.15, 0.2) is 6.10 Å². The number of nitrogens with one attached hydrogen (secondary N) is 1. The number of halogens is 1. The van der Waals surface area contributed by atoms with Crippen LogP contribution in [0.2, 0.25) is 0 Å². The summed E-state index contributed by atoms with van der Waals surface area (Å²) in [7, 11) is 0. The second kappa shape index (κ2) is 6.76. The highest BCUT2D eigenvalue weighted by molar-refractivity contribution is 5.80. The lowest BCUT2D eigenvalue weighted by molar-refractivity contribution is -0.127. The fraction of sp³-hybridized carbons (Fsp3) is 0.357. The zero-order valence-corrected chi connectivity index (χ0v) is 10.8. The Morgan fingerprint density at radius 3 is 2.84 bits per heavy atom. The summed E-state index contributed by atoms with van der Waals surface area (Å²) in [5, 5.41) is 12.0. The average molecular weight is 265 g/mol. The molecule has 0 saturated heterocycles. The van der Waals surface area contributed by atoms with Gasteiger partial charge in [-0.15, -0.1) is 6.42 Å². The molecule has 102 valence electrons. The van der Waals surface area contributed by atoms with Gasteiger partial charge in [0.05, 0.1) is 12.6 Å². The Kier molecular flexibility index (Phi) is 5.34. The molecule has 0 aliphatic rings. The average Bonchev–Trinajstić information content (AvgIpc) is 2.35. The van der Waals surface area contributed by atoms with Crippen LogP contribution in [0.3, 0.4) is 0 Å². The van der Waals surface area contributed by atoms with Gasteiger partial charge in [0.1, 0.15) is 11.6 Å². The van der Waals surface area contributed by atoms with Crippen molar-refractivity contribution < 1.29 is 19.0 Å². The highest BCUT2D eigenvalue weighted by Crippen LogP contribution is 2.26. The van der Waals surface area contributed by atoms with Crippen LogP contribution in [-0.4, -0.2) is 23.7 Å². The van der Waals surface area contributed by atoms with Crippen molar-refractivity contribution in [2.24, 2.45) is 0 Å². The molecule has 19 heavy (non-hydrogen) atoms. The molecular weight excluding hydrogens is 249 g/mol. The Labute approximate surface area is 111 Å². The quantitative estimate of drug-likeness (QED) is 0.791. The van der Waals surface area contributed by atoms with E-state index in [1.165, 1.54) is 26.0 Å². The molecule has 0 bridgehead atoms. The third kappa shape index (κ3) is 4.27. The number of aliphatic hydroxyl groups is 1. The van der Waals surface area contributed by atoms with Gasteiger partial charge in [-0.2, -0.15) is 0 Å². The molecule has 0 saturated carbocycles. The maximum absolute atomic E-state index is 13.2. The van der Waals surface area contributed by atoms with E-state index in [9.17, 15) is 14.3 Å². The molecule has 4 nitrogen and oxygen atoms in total. The van der Waals surface area contributed by atoms with Gasteiger partial charge in [-0.25, -0.2) is 4.39 Å². The molecule has 5 heteroatoms. The Morgan fingerprint density at radius 1 is 1.58 bits per heavy atom. The standard InChI is InChI=1S/C14H16FNO3/c1-4-7-16-14(18)10(3)19-13-8-11(15)5-6-12(13)9(2)17/h1,5-6,8-10,17H,7H2,2-3H3,(H,16,18)/t9-,10?/m1/s1. The minimum absolute atomic E-state index is 0.0962. The van der Waals surface area contributed by atoms with Gasteiger partial charge in [-0.3, -0.25) is 4.79 Å². The lowest BCUT2D eigenvalue weighted by atomic mass is 10.1. The number of hydrogen-bond donors (Lipinski definition) is 2. The molecule has 1 unspecified atom stereocenters. The maximum atomic E-state index is 13.2. The van der Waals surface area contributed by atoms with Crippen molar-refractivity contribution in [1.82, 2.24) is 5.32 Å². The van der Waals surface area contributed by atoms with Crippen LogP contribution in [0.25, 0.3) is 0 Å². The predicted octanol–water partition coefficient (Wildman–Crippen LogP) is 1.40. The molecule has 0 radical (unpaired) electrons. The molecule has 1 aromatic carbocycles. The largest absolute Gasteiger partial charge is 0.480 e. The van der Waals surface area contributed by atoms with Crippen LogP contribution < -0.4 is 10.1 Å². The SMILES string of the molecule is C#CCNC(=O)C(C)Oc1cc(F)ccc1[C@@H](C)O. The molecule has 0 aliphatic carbocycles. The molecule has 0 spiro atoms. The lowest BCUT2D eigenvalue weighted by Gasteiger charge is -2.18. The normalized spacial score (nSPS) is 13.2. The van der Waals surface area contributed by atoms with Crippen molar-refractivity contribution >= 4 is 5.91 Å². The van der Waals surface area contributed by atoms with Crippen molar-refractivity contribution in [2.75, 3.05) is 6.54 Å². The number of hydrogen-bond acceptors (Lipinski definition) is 3. The van der Waals surface area contributed by atoms with E-state index in [0.717, 1.165) is 6.07 Å². The summed E-state index contributed by atoms with van der Waals surface area (Å²) < 4.78 is 18.5. The number of terminal acetylenes is 1. The Balaban J connectivity index is 2.84. The predicted molar refractivity (Wildman–Crippen MR) is 69.0 cm³/mol. The van der Waals surface area contributed by atoms with Gasteiger partial charge < -0.3 is 15.2 Å². The molecule has 1 rings (SSSR count). The van der Waals surface area contributed by atoms with Gasteiger partial charge in [-0.05, 0) is 26.0 Å². The van der Waals surface area contributed by atoms with E-state index in [4.69, 9.17) is 11.2 Å². The smallest absolute Gasteiger partial charge is 0.261 e. The first-order valence-electron chi connectivity index (χ1n) is 5.81. The number of amides is 1. The highest BCUT2D eigenvalue weighted by Gasteiger charge is 2.17. The fourth-order valence-corrected chi connectivity index (χ4v) is 1.48. The van der Waals surface area contributed by atoms with E-state index in [0.29, 0.717) is 5.56 Å². The zero-order valence-electron chi connectivity index (χ0n) is 10.8. The van der Waals surface area contributed by atoms with Gasteiger partial charge in [0.2, 0.25) is 0 Å². The van der Waals surface area contributed by atoms with E-state index in [2.05, 4.69) is 11.2 Å². The summed E-state index contributed by atoms with van der Waals surface area (Å²) in [5.74, 6) is 1.50. The topological polar surface area (TPSA) is 58.6 Å². The van der Waals surface area contributed by atoms with E-state index in [1.807, 2.05) is 0 Å². The van der Waals surface area contributed by atoms with Crippen LogP contribution in [0.15, 0.2) is 18.2 Å². The van der Waals surface area contributed by atoms with Gasteiger partial charge in [0.25, 0.3) is 5.91 Å². The van der Waals surface area contributed by atoms with Gasteiger partial charge in [-0.1, -0.05) is 5.92 Å². The van der Waals surface area contributed by atoms with Crippen LogP contribution in [0, 0.1) is 18.2 Å². The molecule has 0 heterocycles. The third-order valence-electron chi connectivity index (χ3n) is 2.46. The molecular formula is C14H16FNO3. The van der Waals surface area contributed by atoms with E-state index >= 15 is 0 Å². The van der Waals surface area contributed by atoms with Crippen LogP contribution in [-0.2, 0) is 4.79 Å². The summed E-state index contributed by atoms with van der Waals surface area (Å²) in [6.45, 7) is 3.14. The van der Waals surface area contributed by atoms with Gasteiger partial charge in [0, 0.05) is 11.6 Å². The molecule has 0 aromatic heterocycles. The zero-order chi connectivity index (χ0) is 14.4. The van der Waals surface area contributed by atoms with Crippen molar-refractivity contribution in [3.63, 3.8) is 0 Å². The lowest BCUT2D eigenvalue weighted by Crippen LogP contribution is -2.36. The second-order valence-electron chi connectivity index (χ2n) is 4.04. The number of carbonyl (C=O) groups excluding carboxylic acids is 1. The molecule has 1 amide bonds. The van der Waals surface area contributed by atoms with Crippen molar-refractivity contribution in [1.29, 1.82) is 0 Å². The van der Waals surface area contributed by atoms with Crippen molar-refractivity contribution in [3.8, 4) is 18.1 Å². The first-order valence-corrected chi connectivity index (χ1v) is 5.81. The monoisotopic (exact) mass is 265 g/mol. The molecule has 0 aliphatic heterocycles. The number of rotatable bonds is 5. The Hall–Kier alpha value is -2.06. The van der Waals surface area contributed by atoms with E-state index < -0.39 is 23.9 Å². The van der Waals surface area contributed by atoms with Gasteiger partial charge >= 0.3 is 0 Å². The molecule has 2 N–H and O–H groups in total. The summed E-state index contributed by atoms with van der Waals surface area (Å²) in [5.41, 5.74) is 0.415. The first kappa shape index (κ1) is 15.0. The minimum atomic E-state index is -0.840. The van der Waals surface area contributed by atoms with Crippen LogP contribution in [0.1, 0.15) is 25.5 Å². The van der Waals surface area contributed by atoms with Crippen molar-refractivity contribution in [2.45, 2.75) is 26.1 Å². The Morgan fingerprint density at radius 2 is 2.26 bits per heavy atom.